The van der Waals surface area contributed by atoms with Crippen LogP contribution in [0.2, 0.25) is 0 Å². The van der Waals surface area contributed by atoms with Crippen LogP contribution in [-0.4, -0.2) is 61.4 Å². The van der Waals surface area contributed by atoms with Gasteiger partial charge in [-0.05, 0) is 80.1 Å². The minimum absolute atomic E-state index is 0.188. The normalized spacial score (nSPS) is 14.2. The Balaban J connectivity index is 0.000000757. The molecule has 1 aliphatic heterocycles. The second-order valence-electron chi connectivity index (χ2n) is 9.68. The number of sulfone groups is 1. The number of rotatable bonds is 11. The van der Waals surface area contributed by atoms with Crippen LogP contribution in [0.15, 0.2) is 67.3 Å². The maximum absolute atomic E-state index is 13.1. The van der Waals surface area contributed by atoms with Gasteiger partial charge in [0.15, 0.2) is 0 Å². The van der Waals surface area contributed by atoms with Crippen molar-refractivity contribution >= 4 is 21.7 Å². The van der Waals surface area contributed by atoms with Gasteiger partial charge in [0.05, 0.1) is 5.75 Å². The largest absolute Gasteiger partial charge is 0.480 e. The van der Waals surface area contributed by atoms with Gasteiger partial charge in [0.2, 0.25) is 0 Å². The topological polar surface area (TPSA) is 104 Å². The lowest BCUT2D eigenvalue weighted by Gasteiger charge is -2.19. The summed E-state index contributed by atoms with van der Waals surface area (Å²) in [6.45, 7) is 14.1. The second kappa shape index (κ2) is 14.6. The third kappa shape index (κ3) is 9.91. The summed E-state index contributed by atoms with van der Waals surface area (Å²) in [7, 11) is -3.35. The van der Waals surface area contributed by atoms with E-state index < -0.39 is 27.8 Å². The Bertz CT molecular complexity index is 1250. The molecule has 0 bridgehead atoms. The molecule has 0 saturated carbocycles. The molecule has 206 valence electrons. The molecule has 1 saturated heterocycles. The smallest absolute Gasteiger partial charge is 0.326 e. The summed E-state index contributed by atoms with van der Waals surface area (Å²) < 4.78 is 22.9. The highest BCUT2D eigenvalue weighted by atomic mass is 32.2. The lowest BCUT2D eigenvalue weighted by molar-refractivity contribution is -0.139. The van der Waals surface area contributed by atoms with Gasteiger partial charge in [0, 0.05) is 18.4 Å². The molecule has 1 amide bonds. The zero-order chi connectivity index (χ0) is 28.3. The van der Waals surface area contributed by atoms with Crippen molar-refractivity contribution in [3.8, 4) is 11.1 Å². The van der Waals surface area contributed by atoms with E-state index in [1.54, 1.807) is 12.1 Å². The lowest BCUT2D eigenvalue weighted by Crippen LogP contribution is -2.42. The first-order valence-electron chi connectivity index (χ1n) is 12.9. The van der Waals surface area contributed by atoms with E-state index in [0.29, 0.717) is 5.56 Å². The molecule has 1 unspecified atom stereocenters. The number of carboxylic acids is 1. The van der Waals surface area contributed by atoms with Gasteiger partial charge in [-0.15, -0.1) is 0 Å². The average Bonchev–Trinajstić information content (AvgIpc) is 3.39. The quantitative estimate of drug-likeness (QED) is 0.388. The van der Waals surface area contributed by atoms with Gasteiger partial charge >= 0.3 is 5.97 Å². The van der Waals surface area contributed by atoms with E-state index in [-0.39, 0.29) is 12.2 Å². The fourth-order valence-corrected chi connectivity index (χ4v) is 4.82. The van der Waals surface area contributed by atoms with Crippen LogP contribution in [-0.2, 0) is 21.2 Å². The second-order valence-corrected chi connectivity index (χ2v) is 11.9. The summed E-state index contributed by atoms with van der Waals surface area (Å²) in [4.78, 5) is 27.1. The van der Waals surface area contributed by atoms with Gasteiger partial charge in [-0.3, -0.25) is 9.69 Å². The highest BCUT2D eigenvalue weighted by molar-refractivity contribution is 7.90. The highest BCUT2D eigenvalue weighted by Gasteiger charge is 2.24. The third-order valence-corrected chi connectivity index (χ3v) is 7.47. The number of aliphatic carboxylic acids is 1. The summed E-state index contributed by atoms with van der Waals surface area (Å²) in [5.74, 6) is -2.11. The first kappa shape index (κ1) is 31.0. The summed E-state index contributed by atoms with van der Waals surface area (Å²) in [5.41, 5.74) is 5.22. The fourth-order valence-electron chi connectivity index (χ4n) is 4.15. The maximum Gasteiger partial charge on any atom is 0.326 e. The molecule has 3 rings (SSSR count). The molecule has 0 spiro atoms. The average molecular weight is 541 g/mol. The monoisotopic (exact) mass is 540 g/mol. The van der Waals surface area contributed by atoms with Crippen LogP contribution in [0, 0.1) is 6.92 Å². The molecule has 1 aliphatic rings. The number of allylic oxidation sites excluding steroid dienone is 2. The van der Waals surface area contributed by atoms with Crippen LogP contribution in [0.4, 0.5) is 0 Å². The Morgan fingerprint density at radius 3 is 2.32 bits per heavy atom. The van der Waals surface area contributed by atoms with Crippen molar-refractivity contribution in [3.05, 3.63) is 84.0 Å². The van der Waals surface area contributed by atoms with E-state index in [0.717, 1.165) is 60.1 Å². The molecule has 38 heavy (non-hydrogen) atoms. The van der Waals surface area contributed by atoms with E-state index in [2.05, 4.69) is 30.3 Å². The first-order chi connectivity index (χ1) is 17.9. The number of amides is 1. The van der Waals surface area contributed by atoms with Crippen LogP contribution in [0.1, 0.15) is 54.1 Å². The number of nitrogens with one attached hydrogen (secondary N) is 1. The number of aryl methyl sites for hydroxylation is 1. The van der Waals surface area contributed by atoms with Crippen molar-refractivity contribution in [2.45, 2.75) is 52.1 Å². The lowest BCUT2D eigenvalue weighted by atomic mass is 9.93. The summed E-state index contributed by atoms with van der Waals surface area (Å²) in [6.07, 6.45) is 6.03. The number of carbonyl (C=O) groups is 2. The molecule has 7 nitrogen and oxygen atoms in total. The highest BCUT2D eigenvalue weighted by Crippen LogP contribution is 2.29. The molecular formula is C30H40N2O5S. The zero-order valence-electron chi connectivity index (χ0n) is 22.7. The molecule has 2 N–H and O–H groups in total. The van der Waals surface area contributed by atoms with Gasteiger partial charge in [-0.25, -0.2) is 13.2 Å². The van der Waals surface area contributed by atoms with Crippen molar-refractivity contribution in [2.75, 3.05) is 25.1 Å². The fraction of sp³-hybridized carbons (Fsp3) is 0.400. The SMILES string of the molecule is C=CC(=C)CC.Cc1ccccc1-c1cc(CN2CCCC2)ccc1C(=O)NC(CCS(C)(=O)=O)C(=O)O. The minimum Gasteiger partial charge on any atom is -0.480 e. The summed E-state index contributed by atoms with van der Waals surface area (Å²) >= 11 is 0. The van der Waals surface area contributed by atoms with Gasteiger partial charge in [-0.1, -0.05) is 62.1 Å². The third-order valence-electron chi connectivity index (χ3n) is 6.49. The summed E-state index contributed by atoms with van der Waals surface area (Å²) in [6, 6.07) is 12.1. The molecule has 0 radical (unpaired) electrons. The molecule has 1 heterocycles. The Morgan fingerprint density at radius 2 is 1.79 bits per heavy atom. The minimum atomic E-state index is -3.35. The number of carbonyl (C=O) groups excluding carboxylic acids is 1. The van der Waals surface area contributed by atoms with E-state index in [1.165, 1.54) is 12.8 Å². The molecule has 1 fully saturated rings. The van der Waals surface area contributed by atoms with Crippen LogP contribution in [0.5, 0.6) is 0 Å². The predicted octanol–water partition coefficient (Wildman–Crippen LogP) is 5.01. The molecule has 2 aromatic rings. The van der Waals surface area contributed by atoms with Crippen molar-refractivity contribution in [1.82, 2.24) is 10.2 Å². The summed E-state index contributed by atoms with van der Waals surface area (Å²) in [5, 5.41) is 12.0. The van der Waals surface area contributed by atoms with E-state index in [1.807, 2.05) is 43.3 Å². The van der Waals surface area contributed by atoms with Crippen LogP contribution < -0.4 is 5.32 Å². The number of carboxylic acid groups (broad SMARTS) is 1. The predicted molar refractivity (Wildman–Crippen MR) is 154 cm³/mol. The van der Waals surface area contributed by atoms with Crippen molar-refractivity contribution in [2.24, 2.45) is 0 Å². The number of likely N-dealkylation sites (tertiary alicyclic amines) is 1. The molecule has 1 atom stereocenters. The Labute approximate surface area is 227 Å². The van der Waals surface area contributed by atoms with Crippen LogP contribution in [0.3, 0.4) is 0 Å². The number of benzene rings is 2. The van der Waals surface area contributed by atoms with Crippen molar-refractivity contribution < 1.29 is 23.1 Å². The molecule has 2 aromatic carbocycles. The van der Waals surface area contributed by atoms with Gasteiger partial charge in [0.25, 0.3) is 5.91 Å². The molecule has 0 aliphatic carbocycles. The maximum atomic E-state index is 13.1. The van der Waals surface area contributed by atoms with Gasteiger partial charge in [0.1, 0.15) is 15.9 Å². The van der Waals surface area contributed by atoms with Gasteiger partial charge in [-0.2, -0.15) is 0 Å². The number of hydrogen-bond donors (Lipinski definition) is 2. The Morgan fingerprint density at radius 1 is 1.13 bits per heavy atom. The van der Waals surface area contributed by atoms with Crippen LogP contribution >= 0.6 is 0 Å². The van der Waals surface area contributed by atoms with E-state index >= 15 is 0 Å². The standard InChI is InChI=1S/C24H30N2O5S.C6H10/c1-17-7-3-4-8-19(17)21-15-18(16-26-12-5-6-13-26)9-10-20(21)23(27)25-22(24(28)29)11-14-32(2,30)31;1-4-6(3)5-2/h3-4,7-10,15,22H,5-6,11-14,16H2,1-2H3,(H,25,27)(H,28,29);4H,1,3,5H2,2H3. The van der Waals surface area contributed by atoms with Crippen molar-refractivity contribution in [3.63, 3.8) is 0 Å². The Hall–Kier alpha value is -3.23. The Kier molecular flexibility index (Phi) is 11.9. The number of nitrogens with zero attached hydrogens (tertiary/aromatic N) is 1. The molecule has 0 aromatic heterocycles. The zero-order valence-corrected chi connectivity index (χ0v) is 23.5. The molecule has 8 heteroatoms. The number of hydrogen-bond acceptors (Lipinski definition) is 5. The van der Waals surface area contributed by atoms with Crippen LogP contribution in [0.25, 0.3) is 11.1 Å². The van der Waals surface area contributed by atoms with Crippen molar-refractivity contribution in [1.29, 1.82) is 0 Å². The van der Waals surface area contributed by atoms with E-state index in [9.17, 15) is 23.1 Å². The van der Waals surface area contributed by atoms with E-state index in [4.69, 9.17) is 0 Å². The first-order valence-corrected chi connectivity index (χ1v) is 14.9. The van der Waals surface area contributed by atoms with Gasteiger partial charge < -0.3 is 10.4 Å². The molecular weight excluding hydrogens is 500 g/mol.